The van der Waals surface area contributed by atoms with Gasteiger partial charge in [-0.05, 0) is 37.8 Å². The largest absolute Gasteiger partial charge is 0.288 e. The summed E-state index contributed by atoms with van der Waals surface area (Å²) >= 11 is 0. The van der Waals surface area contributed by atoms with Gasteiger partial charge in [-0.25, -0.2) is 9.13 Å². The van der Waals surface area contributed by atoms with Gasteiger partial charge in [0.15, 0.2) is 0 Å². The van der Waals surface area contributed by atoms with Crippen molar-refractivity contribution in [3.8, 4) is 11.4 Å². The second-order valence-electron chi connectivity index (χ2n) is 8.62. The van der Waals surface area contributed by atoms with E-state index >= 15 is 0 Å². The van der Waals surface area contributed by atoms with Crippen LogP contribution in [0.25, 0.3) is 11.4 Å². The zero-order valence-electron chi connectivity index (χ0n) is 19.2. The lowest BCUT2D eigenvalue weighted by Crippen LogP contribution is -2.34. The fourth-order valence-corrected chi connectivity index (χ4v) is 4.23. The first kappa shape index (κ1) is 23.7. The molecule has 1 aromatic heterocycles. The first-order valence-corrected chi connectivity index (χ1v) is 12.5. The molecule has 0 spiro atoms. The topological polar surface area (TPSA) is 8.81 Å². The molecule has 0 bridgehead atoms. The van der Waals surface area contributed by atoms with Crippen LogP contribution in [0.3, 0.4) is 0 Å². The molecule has 0 saturated carbocycles. The monoisotopic (exact) mass is 397 g/mol. The summed E-state index contributed by atoms with van der Waals surface area (Å²) in [4.78, 5) is 0. The van der Waals surface area contributed by atoms with Crippen molar-refractivity contribution in [3.05, 3.63) is 42.7 Å². The summed E-state index contributed by atoms with van der Waals surface area (Å²) in [6.45, 7) is 6.84. The Labute approximate surface area is 180 Å². The number of hydrogen-bond donors (Lipinski definition) is 0. The van der Waals surface area contributed by atoms with Gasteiger partial charge in [-0.15, -0.1) is 0 Å². The number of rotatable bonds is 17. The molecule has 2 rings (SSSR count). The SMILES string of the molecule is CCCCCCCCCCCCC[n+]1ccn(CCCCC)c1-c1ccccc1. The Hall–Kier alpha value is -1.57. The van der Waals surface area contributed by atoms with Gasteiger partial charge in [0.2, 0.25) is 0 Å². The number of aromatic nitrogens is 2. The highest BCUT2D eigenvalue weighted by Gasteiger charge is 2.18. The van der Waals surface area contributed by atoms with Gasteiger partial charge in [-0.2, -0.15) is 0 Å². The van der Waals surface area contributed by atoms with E-state index in [-0.39, 0.29) is 0 Å². The van der Waals surface area contributed by atoms with Crippen LogP contribution in [0.15, 0.2) is 42.7 Å². The summed E-state index contributed by atoms with van der Waals surface area (Å²) < 4.78 is 4.94. The molecule has 0 fully saturated rings. The van der Waals surface area contributed by atoms with E-state index in [2.05, 4.69) is 65.7 Å². The third kappa shape index (κ3) is 9.19. The molecule has 0 aliphatic heterocycles. The van der Waals surface area contributed by atoms with Crippen molar-refractivity contribution in [2.24, 2.45) is 0 Å². The van der Waals surface area contributed by atoms with E-state index in [1.807, 2.05) is 0 Å². The van der Waals surface area contributed by atoms with Crippen molar-refractivity contribution < 1.29 is 4.57 Å². The summed E-state index contributed by atoms with van der Waals surface area (Å²) in [7, 11) is 0. The predicted octanol–water partition coefficient (Wildman–Crippen LogP) is 7.94. The Kier molecular flexibility index (Phi) is 12.5. The Balaban J connectivity index is 1.73. The van der Waals surface area contributed by atoms with Gasteiger partial charge in [0, 0.05) is 0 Å². The number of aryl methyl sites for hydroxylation is 2. The summed E-state index contributed by atoms with van der Waals surface area (Å²) in [5.74, 6) is 1.38. The molecule has 0 radical (unpaired) electrons. The average molecular weight is 398 g/mol. The van der Waals surface area contributed by atoms with Crippen molar-refractivity contribution in [3.63, 3.8) is 0 Å². The van der Waals surface area contributed by atoms with Crippen LogP contribution in [0.4, 0.5) is 0 Å². The van der Waals surface area contributed by atoms with E-state index in [4.69, 9.17) is 0 Å². The first-order valence-electron chi connectivity index (χ1n) is 12.5. The molecule has 0 aliphatic rings. The van der Waals surface area contributed by atoms with Crippen molar-refractivity contribution in [2.75, 3.05) is 0 Å². The molecule has 1 aromatic carbocycles. The van der Waals surface area contributed by atoms with Crippen LogP contribution < -0.4 is 4.57 Å². The molecule has 0 N–H and O–H groups in total. The Bertz CT molecular complexity index is 629. The summed E-state index contributed by atoms with van der Waals surface area (Å²) in [6, 6.07) is 10.9. The van der Waals surface area contributed by atoms with Crippen molar-refractivity contribution in [2.45, 2.75) is 117 Å². The Morgan fingerprint density at radius 1 is 0.655 bits per heavy atom. The van der Waals surface area contributed by atoms with E-state index in [9.17, 15) is 0 Å². The average Bonchev–Trinajstić information content (AvgIpc) is 3.15. The van der Waals surface area contributed by atoms with Gasteiger partial charge >= 0.3 is 0 Å². The fourth-order valence-electron chi connectivity index (χ4n) is 4.23. The van der Waals surface area contributed by atoms with Crippen molar-refractivity contribution >= 4 is 0 Å². The van der Waals surface area contributed by atoms with Crippen LogP contribution in [-0.4, -0.2) is 4.57 Å². The maximum Gasteiger partial charge on any atom is 0.288 e. The molecule has 0 unspecified atom stereocenters. The van der Waals surface area contributed by atoms with Gasteiger partial charge in [-0.3, -0.25) is 0 Å². The number of nitrogens with zero attached hydrogens (tertiary/aromatic N) is 2. The lowest BCUT2D eigenvalue weighted by molar-refractivity contribution is -0.686. The Morgan fingerprint density at radius 2 is 1.21 bits per heavy atom. The van der Waals surface area contributed by atoms with Crippen LogP contribution in [-0.2, 0) is 13.1 Å². The van der Waals surface area contributed by atoms with Crippen molar-refractivity contribution in [1.29, 1.82) is 0 Å². The van der Waals surface area contributed by atoms with Crippen LogP contribution >= 0.6 is 0 Å². The number of imidazole rings is 1. The minimum Gasteiger partial charge on any atom is -0.230 e. The molecule has 2 heteroatoms. The molecule has 162 valence electrons. The lowest BCUT2D eigenvalue weighted by Gasteiger charge is -2.06. The van der Waals surface area contributed by atoms with E-state index in [1.54, 1.807) is 0 Å². The van der Waals surface area contributed by atoms with Gasteiger partial charge in [0.25, 0.3) is 5.82 Å². The molecule has 0 aliphatic carbocycles. The normalized spacial score (nSPS) is 11.2. The number of hydrogen-bond acceptors (Lipinski definition) is 0. The highest BCUT2D eigenvalue weighted by atomic mass is 15.1. The highest BCUT2D eigenvalue weighted by molar-refractivity contribution is 5.52. The van der Waals surface area contributed by atoms with Crippen LogP contribution in [0.2, 0.25) is 0 Å². The molecule has 0 saturated heterocycles. The molecule has 1 heterocycles. The predicted molar refractivity (Wildman–Crippen MR) is 126 cm³/mol. The van der Waals surface area contributed by atoms with Gasteiger partial charge in [0.1, 0.15) is 12.4 Å². The van der Waals surface area contributed by atoms with Crippen LogP contribution in [0.1, 0.15) is 104 Å². The molecular formula is C27H45N2+. The number of unbranched alkanes of at least 4 members (excludes halogenated alkanes) is 12. The van der Waals surface area contributed by atoms with E-state index < -0.39 is 0 Å². The first-order chi connectivity index (χ1) is 14.4. The van der Waals surface area contributed by atoms with E-state index in [0.29, 0.717) is 0 Å². The van der Waals surface area contributed by atoms with Gasteiger partial charge in [0.05, 0.1) is 18.7 Å². The lowest BCUT2D eigenvalue weighted by atomic mass is 10.1. The second kappa shape index (κ2) is 15.3. The Morgan fingerprint density at radius 3 is 1.83 bits per heavy atom. The fraction of sp³-hybridized carbons (Fsp3) is 0.667. The quantitative estimate of drug-likeness (QED) is 0.189. The minimum atomic E-state index is 1.13. The molecule has 0 amide bonds. The zero-order chi connectivity index (χ0) is 20.6. The highest BCUT2D eigenvalue weighted by Crippen LogP contribution is 2.17. The molecule has 0 atom stereocenters. The van der Waals surface area contributed by atoms with Crippen molar-refractivity contribution in [1.82, 2.24) is 4.57 Å². The number of benzene rings is 1. The van der Waals surface area contributed by atoms with Crippen LogP contribution in [0.5, 0.6) is 0 Å². The standard InChI is InChI=1S/C27H45N2/c1-3-5-7-8-9-10-11-12-13-14-19-23-29-25-24-28(22-18-6-4-2)27(29)26-20-16-15-17-21-26/h15-17,20-21,24-25H,3-14,18-19,22-23H2,1-2H3/q+1. The summed E-state index contributed by atoms with van der Waals surface area (Å²) in [6.07, 6.45) is 23.9. The minimum absolute atomic E-state index is 1.13. The van der Waals surface area contributed by atoms with E-state index in [0.717, 1.165) is 13.1 Å². The maximum atomic E-state index is 2.48. The molecule has 29 heavy (non-hydrogen) atoms. The third-order valence-corrected chi connectivity index (χ3v) is 6.01. The molecule has 2 nitrogen and oxygen atoms in total. The van der Waals surface area contributed by atoms with Crippen LogP contribution in [0, 0.1) is 0 Å². The second-order valence-corrected chi connectivity index (χ2v) is 8.62. The third-order valence-electron chi connectivity index (χ3n) is 6.01. The summed E-state index contributed by atoms with van der Waals surface area (Å²) in [5, 5.41) is 0. The summed E-state index contributed by atoms with van der Waals surface area (Å²) in [5.41, 5.74) is 1.34. The zero-order valence-corrected chi connectivity index (χ0v) is 19.2. The van der Waals surface area contributed by atoms with Gasteiger partial charge < -0.3 is 0 Å². The molecular weight excluding hydrogens is 352 g/mol. The van der Waals surface area contributed by atoms with Gasteiger partial charge in [-0.1, -0.05) is 96.3 Å². The van der Waals surface area contributed by atoms with E-state index in [1.165, 1.54) is 101 Å². The molecule has 2 aromatic rings. The maximum absolute atomic E-state index is 2.48. The smallest absolute Gasteiger partial charge is 0.230 e.